The number of hydrogen-bond acceptors (Lipinski definition) is 5. The first-order valence-corrected chi connectivity index (χ1v) is 8.35. The minimum absolute atomic E-state index is 0.656. The van der Waals surface area contributed by atoms with Crippen LogP contribution < -0.4 is 10.1 Å². The van der Waals surface area contributed by atoms with E-state index < -0.39 is 0 Å². The predicted molar refractivity (Wildman–Crippen MR) is 85.8 cm³/mol. The first-order chi connectivity index (χ1) is 9.85. The van der Waals surface area contributed by atoms with Crippen molar-refractivity contribution in [3.63, 3.8) is 0 Å². The lowest BCUT2D eigenvalue weighted by atomic mass is 10.2. The van der Waals surface area contributed by atoms with E-state index in [1.165, 1.54) is 25.7 Å². The Balaban J connectivity index is 1.95. The lowest BCUT2D eigenvalue weighted by Gasteiger charge is -2.08. The van der Waals surface area contributed by atoms with Crippen molar-refractivity contribution in [2.45, 2.75) is 46.0 Å². The molecule has 2 aromatic rings. The molecule has 0 spiro atoms. The number of thiophene rings is 1. The van der Waals surface area contributed by atoms with Gasteiger partial charge in [0, 0.05) is 6.54 Å². The molecule has 0 bridgehead atoms. The van der Waals surface area contributed by atoms with Gasteiger partial charge in [0.2, 0.25) is 11.8 Å². The highest BCUT2D eigenvalue weighted by atomic mass is 32.1. The molecule has 110 valence electrons. The van der Waals surface area contributed by atoms with Crippen molar-refractivity contribution in [2.75, 3.05) is 18.5 Å². The monoisotopic (exact) mass is 293 g/mol. The Morgan fingerprint density at radius 3 is 2.80 bits per heavy atom. The quantitative estimate of drug-likeness (QED) is 0.693. The second-order valence-electron chi connectivity index (χ2n) is 4.78. The number of ether oxygens (including phenoxy) is 1. The molecule has 0 atom stereocenters. The summed E-state index contributed by atoms with van der Waals surface area (Å²) in [5, 5.41) is 6.20. The average molecular weight is 293 g/mol. The van der Waals surface area contributed by atoms with Gasteiger partial charge in [-0.15, -0.1) is 11.3 Å². The number of aromatic nitrogens is 2. The SMILES string of the molecule is CCCCCCCOc1nc(NCC)nc2sccc12. The highest BCUT2D eigenvalue weighted by Gasteiger charge is 2.09. The third kappa shape index (κ3) is 4.07. The summed E-state index contributed by atoms with van der Waals surface area (Å²) in [7, 11) is 0. The van der Waals surface area contributed by atoms with Crippen LogP contribution in [0.4, 0.5) is 5.95 Å². The maximum absolute atomic E-state index is 5.86. The fourth-order valence-electron chi connectivity index (χ4n) is 2.05. The van der Waals surface area contributed by atoms with Gasteiger partial charge < -0.3 is 10.1 Å². The molecule has 0 aliphatic rings. The Morgan fingerprint density at radius 2 is 2.00 bits per heavy atom. The molecule has 0 fully saturated rings. The Hall–Kier alpha value is -1.36. The molecule has 2 heterocycles. The van der Waals surface area contributed by atoms with E-state index in [1.54, 1.807) is 11.3 Å². The average Bonchev–Trinajstić information content (AvgIpc) is 2.91. The van der Waals surface area contributed by atoms with Gasteiger partial charge in [0.05, 0.1) is 12.0 Å². The van der Waals surface area contributed by atoms with Gasteiger partial charge in [-0.25, -0.2) is 4.98 Å². The molecular weight excluding hydrogens is 270 g/mol. The summed E-state index contributed by atoms with van der Waals surface area (Å²) in [5.41, 5.74) is 0. The van der Waals surface area contributed by atoms with E-state index >= 15 is 0 Å². The van der Waals surface area contributed by atoms with Crippen LogP contribution in [0.5, 0.6) is 5.88 Å². The molecule has 20 heavy (non-hydrogen) atoms. The number of nitrogens with one attached hydrogen (secondary N) is 1. The minimum Gasteiger partial charge on any atom is -0.477 e. The third-order valence-electron chi connectivity index (χ3n) is 3.11. The maximum atomic E-state index is 5.86. The lowest BCUT2D eigenvalue weighted by Crippen LogP contribution is -2.05. The molecule has 0 saturated heterocycles. The van der Waals surface area contributed by atoms with Gasteiger partial charge >= 0.3 is 0 Å². The number of nitrogens with zero attached hydrogens (tertiary/aromatic N) is 2. The molecule has 2 aromatic heterocycles. The molecule has 4 nitrogen and oxygen atoms in total. The number of unbranched alkanes of at least 4 members (excludes halogenated alkanes) is 4. The van der Waals surface area contributed by atoms with Gasteiger partial charge in [0.25, 0.3) is 0 Å². The second kappa shape index (κ2) is 8.04. The molecule has 0 radical (unpaired) electrons. The third-order valence-corrected chi connectivity index (χ3v) is 3.92. The van der Waals surface area contributed by atoms with E-state index in [1.807, 2.05) is 18.4 Å². The molecular formula is C15H23N3OS. The van der Waals surface area contributed by atoms with Crippen molar-refractivity contribution >= 4 is 27.5 Å². The van der Waals surface area contributed by atoms with Crippen molar-refractivity contribution in [1.29, 1.82) is 0 Å². The summed E-state index contributed by atoms with van der Waals surface area (Å²) in [6.45, 7) is 5.81. The van der Waals surface area contributed by atoms with Crippen LogP contribution in [0.3, 0.4) is 0 Å². The zero-order chi connectivity index (χ0) is 14.2. The molecule has 0 aliphatic carbocycles. The van der Waals surface area contributed by atoms with E-state index in [0.717, 1.165) is 29.8 Å². The van der Waals surface area contributed by atoms with Gasteiger partial charge in [-0.1, -0.05) is 32.6 Å². The molecule has 5 heteroatoms. The van der Waals surface area contributed by atoms with Crippen molar-refractivity contribution < 1.29 is 4.74 Å². The molecule has 2 rings (SSSR count). The van der Waals surface area contributed by atoms with Crippen LogP contribution in [-0.2, 0) is 0 Å². The second-order valence-corrected chi connectivity index (χ2v) is 5.68. The normalized spacial score (nSPS) is 10.9. The van der Waals surface area contributed by atoms with Gasteiger partial charge in [0.15, 0.2) is 0 Å². The standard InChI is InChI=1S/C15H23N3OS/c1-3-5-6-7-8-10-19-13-12-9-11-20-14(12)18-15(17-13)16-4-2/h9,11H,3-8,10H2,1-2H3,(H,16,17,18). The van der Waals surface area contributed by atoms with E-state index in [0.29, 0.717) is 11.8 Å². The Bertz CT molecular complexity index is 527. The number of anilines is 1. The van der Waals surface area contributed by atoms with Gasteiger partial charge in [-0.2, -0.15) is 4.98 Å². The molecule has 0 aliphatic heterocycles. The van der Waals surface area contributed by atoms with Crippen molar-refractivity contribution in [1.82, 2.24) is 9.97 Å². The van der Waals surface area contributed by atoms with E-state index in [2.05, 4.69) is 22.2 Å². The number of hydrogen-bond donors (Lipinski definition) is 1. The lowest BCUT2D eigenvalue weighted by molar-refractivity contribution is 0.297. The maximum Gasteiger partial charge on any atom is 0.227 e. The van der Waals surface area contributed by atoms with Crippen LogP contribution in [0.25, 0.3) is 10.2 Å². The largest absolute Gasteiger partial charge is 0.477 e. The Labute approximate surface area is 124 Å². The van der Waals surface area contributed by atoms with Gasteiger partial charge in [-0.3, -0.25) is 0 Å². The number of fused-ring (bicyclic) bond motifs is 1. The molecule has 0 unspecified atom stereocenters. The fraction of sp³-hybridized carbons (Fsp3) is 0.600. The zero-order valence-electron chi connectivity index (χ0n) is 12.3. The zero-order valence-corrected chi connectivity index (χ0v) is 13.1. The first-order valence-electron chi connectivity index (χ1n) is 7.47. The van der Waals surface area contributed by atoms with Gasteiger partial charge in [-0.05, 0) is 24.8 Å². The summed E-state index contributed by atoms with van der Waals surface area (Å²) < 4.78 is 5.86. The van der Waals surface area contributed by atoms with Crippen LogP contribution in [0.15, 0.2) is 11.4 Å². The van der Waals surface area contributed by atoms with Crippen LogP contribution in [-0.4, -0.2) is 23.1 Å². The van der Waals surface area contributed by atoms with Crippen LogP contribution in [0.1, 0.15) is 46.0 Å². The smallest absolute Gasteiger partial charge is 0.227 e. The van der Waals surface area contributed by atoms with Crippen LogP contribution in [0, 0.1) is 0 Å². The number of rotatable bonds is 9. The summed E-state index contributed by atoms with van der Waals surface area (Å²) in [5.74, 6) is 1.37. The van der Waals surface area contributed by atoms with Gasteiger partial charge in [0.1, 0.15) is 4.83 Å². The molecule has 0 amide bonds. The van der Waals surface area contributed by atoms with Crippen LogP contribution in [0.2, 0.25) is 0 Å². The van der Waals surface area contributed by atoms with E-state index in [-0.39, 0.29) is 0 Å². The fourth-order valence-corrected chi connectivity index (χ4v) is 2.80. The van der Waals surface area contributed by atoms with Crippen molar-refractivity contribution in [3.05, 3.63) is 11.4 Å². The molecule has 0 aromatic carbocycles. The predicted octanol–water partition coefficient (Wildman–Crippen LogP) is 4.47. The summed E-state index contributed by atoms with van der Waals surface area (Å²) in [4.78, 5) is 9.91. The Morgan fingerprint density at radius 1 is 1.15 bits per heavy atom. The van der Waals surface area contributed by atoms with Crippen molar-refractivity contribution in [2.24, 2.45) is 0 Å². The molecule has 0 saturated carbocycles. The highest BCUT2D eigenvalue weighted by Crippen LogP contribution is 2.28. The minimum atomic E-state index is 0.656. The Kier molecular flexibility index (Phi) is 6.05. The highest BCUT2D eigenvalue weighted by molar-refractivity contribution is 7.16. The summed E-state index contributed by atoms with van der Waals surface area (Å²) >= 11 is 1.62. The molecule has 1 N–H and O–H groups in total. The summed E-state index contributed by atoms with van der Waals surface area (Å²) in [6, 6.07) is 2.03. The van der Waals surface area contributed by atoms with E-state index in [4.69, 9.17) is 4.74 Å². The first kappa shape index (κ1) is 15.0. The van der Waals surface area contributed by atoms with E-state index in [9.17, 15) is 0 Å². The van der Waals surface area contributed by atoms with Crippen molar-refractivity contribution in [3.8, 4) is 5.88 Å². The van der Waals surface area contributed by atoms with Crippen LogP contribution >= 0.6 is 11.3 Å². The topological polar surface area (TPSA) is 47.0 Å². The summed E-state index contributed by atoms with van der Waals surface area (Å²) in [6.07, 6.45) is 6.19.